The first-order valence-corrected chi connectivity index (χ1v) is 5.84. The van der Waals surface area contributed by atoms with Crippen molar-refractivity contribution in [1.82, 2.24) is 14.9 Å². The molecule has 2 N–H and O–H groups in total. The number of hydrogen-bond acceptors (Lipinski definition) is 3. The van der Waals surface area contributed by atoms with Gasteiger partial charge >= 0.3 is 0 Å². The molecular weight excluding hydrogens is 214 g/mol. The number of halogens is 1. The lowest BCUT2D eigenvalue weighted by Crippen LogP contribution is -2.26. The molecule has 74 valence electrons. The minimum absolute atomic E-state index is 0.0631. The molecule has 0 unspecified atom stereocenters. The van der Waals surface area contributed by atoms with E-state index in [1.165, 1.54) is 0 Å². The van der Waals surface area contributed by atoms with E-state index in [4.69, 9.17) is 11.6 Å². The highest BCUT2D eigenvalue weighted by Gasteiger charge is 2.08. The Morgan fingerprint density at radius 1 is 1.62 bits per heavy atom. The van der Waals surface area contributed by atoms with Gasteiger partial charge in [-0.3, -0.25) is 5.10 Å². The topological polar surface area (TPSA) is 74.8 Å². The first kappa shape index (κ1) is 10.5. The van der Waals surface area contributed by atoms with Crippen LogP contribution in [0.25, 0.3) is 0 Å². The van der Waals surface area contributed by atoms with Crippen molar-refractivity contribution in [3.63, 3.8) is 0 Å². The van der Waals surface area contributed by atoms with Crippen LogP contribution in [-0.2, 0) is 16.6 Å². The smallest absolute Gasteiger partial charge is 0.213 e. The van der Waals surface area contributed by atoms with Crippen LogP contribution in [0.4, 0.5) is 0 Å². The van der Waals surface area contributed by atoms with Crippen LogP contribution in [0.2, 0.25) is 0 Å². The number of nitrogens with zero attached hydrogens (tertiary/aromatic N) is 1. The number of sulfonamides is 1. The monoisotopic (exact) mass is 223 g/mol. The molecule has 0 aromatic carbocycles. The predicted octanol–water partition coefficient (Wildman–Crippen LogP) is 0.0679. The lowest BCUT2D eigenvalue weighted by Gasteiger charge is -2.02. The van der Waals surface area contributed by atoms with Gasteiger partial charge in [0.25, 0.3) is 0 Å². The Bertz CT molecular complexity index is 335. The van der Waals surface area contributed by atoms with Crippen LogP contribution in [0.15, 0.2) is 12.4 Å². The Morgan fingerprint density at radius 3 is 2.92 bits per heavy atom. The summed E-state index contributed by atoms with van der Waals surface area (Å²) in [5.74, 6) is 0.0348. The third-order valence-corrected chi connectivity index (χ3v) is 3.14. The maximum Gasteiger partial charge on any atom is 0.213 e. The van der Waals surface area contributed by atoms with Crippen molar-refractivity contribution < 1.29 is 8.42 Å². The number of rotatable bonds is 5. The molecule has 0 fully saturated rings. The number of hydrogen-bond donors (Lipinski definition) is 2. The number of aromatic amines is 1. The van der Waals surface area contributed by atoms with Gasteiger partial charge in [-0.05, 0) is 0 Å². The first-order valence-electron chi connectivity index (χ1n) is 3.65. The fourth-order valence-electron chi connectivity index (χ4n) is 0.741. The van der Waals surface area contributed by atoms with Gasteiger partial charge in [0, 0.05) is 24.2 Å². The summed E-state index contributed by atoms with van der Waals surface area (Å²) in [5.41, 5.74) is 0.790. The van der Waals surface area contributed by atoms with E-state index in [0.29, 0.717) is 0 Å². The molecule has 0 aliphatic heterocycles. The third kappa shape index (κ3) is 3.75. The quantitative estimate of drug-likeness (QED) is 0.694. The molecule has 0 atom stereocenters. The van der Waals surface area contributed by atoms with Crippen LogP contribution < -0.4 is 4.72 Å². The van der Waals surface area contributed by atoms with E-state index in [9.17, 15) is 8.42 Å². The Labute approximate surface area is 81.5 Å². The first-order chi connectivity index (χ1) is 6.14. The van der Waals surface area contributed by atoms with E-state index in [1.807, 2.05) is 0 Å². The molecule has 0 saturated carbocycles. The summed E-state index contributed by atoms with van der Waals surface area (Å²) in [7, 11) is -3.23. The minimum atomic E-state index is -3.23. The average molecular weight is 224 g/mol. The highest BCUT2D eigenvalue weighted by atomic mass is 35.5. The van der Waals surface area contributed by atoms with E-state index < -0.39 is 10.0 Å². The second kappa shape index (κ2) is 4.59. The van der Waals surface area contributed by atoms with Crippen molar-refractivity contribution in [1.29, 1.82) is 0 Å². The van der Waals surface area contributed by atoms with Crippen LogP contribution in [0, 0.1) is 0 Å². The summed E-state index contributed by atoms with van der Waals surface area (Å²) >= 11 is 5.31. The van der Waals surface area contributed by atoms with Gasteiger partial charge in [-0.1, -0.05) is 0 Å². The summed E-state index contributed by atoms with van der Waals surface area (Å²) in [6, 6.07) is 0. The lowest BCUT2D eigenvalue weighted by atomic mass is 10.4. The lowest BCUT2D eigenvalue weighted by molar-refractivity contribution is 0.583. The summed E-state index contributed by atoms with van der Waals surface area (Å²) in [6.07, 6.45) is 3.19. The van der Waals surface area contributed by atoms with E-state index >= 15 is 0 Å². The van der Waals surface area contributed by atoms with Gasteiger partial charge in [-0.2, -0.15) is 5.10 Å². The molecule has 0 radical (unpaired) electrons. The maximum atomic E-state index is 11.1. The molecule has 0 aliphatic rings. The van der Waals surface area contributed by atoms with Crippen molar-refractivity contribution in [2.45, 2.75) is 6.54 Å². The number of alkyl halides is 1. The Morgan fingerprint density at radius 2 is 2.38 bits per heavy atom. The number of H-pyrrole nitrogens is 1. The van der Waals surface area contributed by atoms with Gasteiger partial charge in [0.05, 0.1) is 11.9 Å². The highest BCUT2D eigenvalue weighted by Crippen LogP contribution is 1.95. The molecule has 1 heterocycles. The number of aromatic nitrogens is 2. The maximum absolute atomic E-state index is 11.1. The summed E-state index contributed by atoms with van der Waals surface area (Å²) in [4.78, 5) is 0. The predicted molar refractivity (Wildman–Crippen MR) is 49.9 cm³/mol. The van der Waals surface area contributed by atoms with Crippen molar-refractivity contribution in [3.05, 3.63) is 18.0 Å². The molecule has 1 rings (SSSR count). The molecule has 1 aromatic rings. The van der Waals surface area contributed by atoms with Crippen molar-refractivity contribution in [2.75, 3.05) is 11.6 Å². The van der Waals surface area contributed by atoms with E-state index in [1.54, 1.807) is 12.4 Å². The Kier molecular flexibility index (Phi) is 3.71. The van der Waals surface area contributed by atoms with E-state index in [2.05, 4.69) is 14.9 Å². The SMILES string of the molecule is O=S(=O)(CCCl)NCc1cn[nH]c1. The molecule has 7 heteroatoms. The molecule has 5 nitrogen and oxygen atoms in total. The third-order valence-electron chi connectivity index (χ3n) is 1.40. The zero-order valence-corrected chi connectivity index (χ0v) is 8.40. The Balaban J connectivity index is 2.43. The van der Waals surface area contributed by atoms with Crippen molar-refractivity contribution >= 4 is 21.6 Å². The molecule has 13 heavy (non-hydrogen) atoms. The van der Waals surface area contributed by atoms with Crippen LogP contribution in [-0.4, -0.2) is 30.2 Å². The van der Waals surface area contributed by atoms with Gasteiger partial charge in [0.1, 0.15) is 0 Å². The fourth-order valence-corrected chi connectivity index (χ4v) is 2.08. The van der Waals surface area contributed by atoms with Crippen LogP contribution in [0.5, 0.6) is 0 Å². The zero-order valence-electron chi connectivity index (χ0n) is 6.83. The van der Waals surface area contributed by atoms with Crippen molar-refractivity contribution in [2.24, 2.45) is 0 Å². The van der Waals surface area contributed by atoms with Crippen molar-refractivity contribution in [3.8, 4) is 0 Å². The molecule has 0 amide bonds. The number of nitrogens with one attached hydrogen (secondary N) is 2. The van der Waals surface area contributed by atoms with Crippen LogP contribution in [0.3, 0.4) is 0 Å². The molecule has 0 aliphatic carbocycles. The zero-order chi connectivity index (χ0) is 9.73. The molecule has 0 spiro atoms. The molecular formula is C6H10ClN3O2S. The molecule has 1 aromatic heterocycles. The van der Waals surface area contributed by atoms with Crippen LogP contribution in [0.1, 0.15) is 5.56 Å². The van der Waals surface area contributed by atoms with Gasteiger partial charge < -0.3 is 0 Å². The largest absolute Gasteiger partial charge is 0.285 e. The van der Waals surface area contributed by atoms with Crippen LogP contribution >= 0.6 is 11.6 Å². The van der Waals surface area contributed by atoms with Gasteiger partial charge in [0.2, 0.25) is 10.0 Å². The van der Waals surface area contributed by atoms with Gasteiger partial charge in [0.15, 0.2) is 0 Å². The highest BCUT2D eigenvalue weighted by molar-refractivity contribution is 7.89. The summed E-state index contributed by atoms with van der Waals surface area (Å²) in [6.45, 7) is 0.246. The van der Waals surface area contributed by atoms with Gasteiger partial charge in [-0.25, -0.2) is 13.1 Å². The normalized spacial score (nSPS) is 11.8. The second-order valence-corrected chi connectivity index (χ2v) is 4.74. The molecule has 0 saturated heterocycles. The standard InChI is InChI=1S/C6H10ClN3O2S/c7-1-2-13(11,12)10-5-6-3-8-9-4-6/h3-4,10H,1-2,5H2,(H,8,9). The second-order valence-electron chi connectivity index (χ2n) is 2.44. The van der Waals surface area contributed by atoms with E-state index in [-0.39, 0.29) is 18.2 Å². The van der Waals surface area contributed by atoms with E-state index in [0.717, 1.165) is 5.56 Å². The van der Waals surface area contributed by atoms with Gasteiger partial charge in [-0.15, -0.1) is 11.6 Å². The minimum Gasteiger partial charge on any atom is -0.285 e. The fraction of sp³-hybridized carbons (Fsp3) is 0.500. The Hall–Kier alpha value is -0.590. The molecule has 0 bridgehead atoms. The average Bonchev–Trinajstić information content (AvgIpc) is 2.52. The summed E-state index contributed by atoms with van der Waals surface area (Å²) < 4.78 is 24.6. The summed E-state index contributed by atoms with van der Waals surface area (Å²) in [5, 5.41) is 6.27.